The summed E-state index contributed by atoms with van der Waals surface area (Å²) >= 11 is 5.77. The Balaban J connectivity index is 2.24. The van der Waals surface area contributed by atoms with E-state index in [9.17, 15) is 10.1 Å². The Bertz CT molecular complexity index is 558. The number of nitrogens with zero attached hydrogens (tertiary/aromatic N) is 2. The van der Waals surface area contributed by atoms with Crippen molar-refractivity contribution in [3.8, 4) is 0 Å². The summed E-state index contributed by atoms with van der Waals surface area (Å²) in [5, 5.41) is 11.1. The van der Waals surface area contributed by atoms with Gasteiger partial charge in [-0.15, -0.1) is 0 Å². The van der Waals surface area contributed by atoms with Crippen molar-refractivity contribution < 1.29 is 4.92 Å². The fourth-order valence-electron chi connectivity index (χ4n) is 1.57. The number of hydrogen-bond donors (Lipinski definition) is 0. The lowest BCUT2D eigenvalue weighted by Crippen LogP contribution is -1.92. The summed E-state index contributed by atoms with van der Waals surface area (Å²) in [5.74, 6) is 0. The molecule has 1 aromatic heterocycles. The topological polar surface area (TPSA) is 56.0 Å². The number of pyridine rings is 1. The van der Waals surface area contributed by atoms with Gasteiger partial charge in [-0.1, -0.05) is 23.7 Å². The molecule has 0 aliphatic heterocycles. The largest absolute Gasteiger partial charge is 0.269 e. The van der Waals surface area contributed by atoms with Gasteiger partial charge >= 0.3 is 0 Å². The fourth-order valence-corrected chi connectivity index (χ4v) is 1.76. The monoisotopic (exact) mass is 248 g/mol. The number of non-ortho nitro benzene ring substituents is 1. The lowest BCUT2D eigenvalue weighted by atomic mass is 10.1. The highest BCUT2D eigenvalue weighted by atomic mass is 35.5. The van der Waals surface area contributed by atoms with E-state index in [2.05, 4.69) is 4.98 Å². The highest BCUT2D eigenvalue weighted by Gasteiger charge is 2.06. The molecule has 2 aromatic rings. The zero-order valence-electron chi connectivity index (χ0n) is 8.84. The number of rotatable bonds is 3. The third-order valence-corrected chi connectivity index (χ3v) is 2.53. The summed E-state index contributed by atoms with van der Waals surface area (Å²) in [6.45, 7) is 0. The van der Waals surface area contributed by atoms with Crippen molar-refractivity contribution in [3.63, 3.8) is 0 Å². The maximum Gasteiger partial charge on any atom is 0.269 e. The Kier molecular flexibility index (Phi) is 3.35. The highest BCUT2D eigenvalue weighted by molar-refractivity contribution is 6.29. The van der Waals surface area contributed by atoms with Gasteiger partial charge in [0.1, 0.15) is 5.15 Å². The first-order valence-electron chi connectivity index (χ1n) is 4.99. The zero-order chi connectivity index (χ0) is 12.3. The van der Waals surface area contributed by atoms with Crippen molar-refractivity contribution in [2.75, 3.05) is 0 Å². The molecular formula is C12H9ClN2O2. The Morgan fingerprint density at radius 1 is 1.24 bits per heavy atom. The number of halogens is 1. The number of nitro groups is 1. The summed E-state index contributed by atoms with van der Waals surface area (Å²) < 4.78 is 0. The van der Waals surface area contributed by atoms with E-state index in [0.29, 0.717) is 11.6 Å². The molecule has 0 fully saturated rings. The molecule has 86 valence electrons. The van der Waals surface area contributed by atoms with E-state index >= 15 is 0 Å². The third kappa shape index (κ3) is 3.01. The normalized spacial score (nSPS) is 10.2. The van der Waals surface area contributed by atoms with Gasteiger partial charge in [-0.05, 0) is 29.7 Å². The molecule has 1 heterocycles. The molecule has 0 bridgehead atoms. The van der Waals surface area contributed by atoms with Crippen LogP contribution in [0.15, 0.2) is 42.6 Å². The number of hydrogen-bond acceptors (Lipinski definition) is 3. The average Bonchev–Trinajstić information content (AvgIpc) is 2.29. The number of benzene rings is 1. The van der Waals surface area contributed by atoms with Crippen molar-refractivity contribution in [1.82, 2.24) is 4.98 Å². The molecule has 0 saturated heterocycles. The van der Waals surface area contributed by atoms with Gasteiger partial charge < -0.3 is 0 Å². The molecule has 17 heavy (non-hydrogen) atoms. The molecule has 4 nitrogen and oxygen atoms in total. The Morgan fingerprint density at radius 2 is 2.00 bits per heavy atom. The maximum absolute atomic E-state index is 10.6. The van der Waals surface area contributed by atoms with Gasteiger partial charge in [-0.25, -0.2) is 4.98 Å². The molecular weight excluding hydrogens is 240 g/mol. The molecule has 5 heteroatoms. The predicted octanol–water partition coefficient (Wildman–Crippen LogP) is 3.23. The van der Waals surface area contributed by atoms with Crippen LogP contribution in [0.1, 0.15) is 11.1 Å². The molecule has 0 aliphatic carbocycles. The smallest absolute Gasteiger partial charge is 0.258 e. The van der Waals surface area contributed by atoms with E-state index in [4.69, 9.17) is 11.6 Å². The summed E-state index contributed by atoms with van der Waals surface area (Å²) in [5.41, 5.74) is 1.95. The van der Waals surface area contributed by atoms with Crippen LogP contribution in [0.4, 0.5) is 5.69 Å². The van der Waals surface area contributed by atoms with Crippen LogP contribution in [-0.4, -0.2) is 9.91 Å². The van der Waals surface area contributed by atoms with E-state index in [-0.39, 0.29) is 5.69 Å². The minimum atomic E-state index is -0.400. The number of nitro benzene ring substituents is 1. The van der Waals surface area contributed by atoms with Gasteiger partial charge in [0, 0.05) is 18.3 Å². The molecule has 0 aliphatic rings. The maximum atomic E-state index is 10.6. The third-order valence-electron chi connectivity index (χ3n) is 2.32. The first kappa shape index (κ1) is 11.5. The molecule has 2 rings (SSSR count). The van der Waals surface area contributed by atoms with Gasteiger partial charge in [0.2, 0.25) is 0 Å². The van der Waals surface area contributed by atoms with Gasteiger partial charge in [0.15, 0.2) is 0 Å². The van der Waals surface area contributed by atoms with Crippen molar-refractivity contribution in [3.05, 3.63) is 69.0 Å². The van der Waals surface area contributed by atoms with Crippen LogP contribution >= 0.6 is 11.6 Å². The lowest BCUT2D eigenvalue weighted by Gasteiger charge is -2.02. The minimum Gasteiger partial charge on any atom is -0.258 e. The molecule has 0 N–H and O–H groups in total. The van der Waals surface area contributed by atoms with Crippen LogP contribution in [0.25, 0.3) is 0 Å². The fraction of sp³-hybridized carbons (Fsp3) is 0.0833. The van der Waals surface area contributed by atoms with Crippen molar-refractivity contribution in [1.29, 1.82) is 0 Å². The second-order valence-electron chi connectivity index (χ2n) is 3.59. The molecule has 0 amide bonds. The van der Waals surface area contributed by atoms with E-state index in [1.54, 1.807) is 24.4 Å². The van der Waals surface area contributed by atoms with Crippen LogP contribution in [0.2, 0.25) is 5.15 Å². The Hall–Kier alpha value is -1.94. The second kappa shape index (κ2) is 4.93. The summed E-state index contributed by atoms with van der Waals surface area (Å²) in [6.07, 6.45) is 2.22. The molecule has 0 saturated carbocycles. The van der Waals surface area contributed by atoms with Crippen LogP contribution in [0, 0.1) is 10.1 Å². The Morgan fingerprint density at radius 3 is 2.71 bits per heavy atom. The van der Waals surface area contributed by atoms with E-state index in [0.717, 1.165) is 11.1 Å². The van der Waals surface area contributed by atoms with Crippen LogP contribution in [0.3, 0.4) is 0 Å². The standard InChI is InChI=1S/C12H9ClN2O2/c13-12-8-10(4-5-14-12)6-9-2-1-3-11(7-9)15(16)17/h1-5,7-8H,6H2. The van der Waals surface area contributed by atoms with Crippen molar-refractivity contribution in [2.24, 2.45) is 0 Å². The first-order chi connectivity index (χ1) is 8.15. The van der Waals surface area contributed by atoms with Crippen molar-refractivity contribution >= 4 is 17.3 Å². The molecule has 0 unspecified atom stereocenters. The SMILES string of the molecule is O=[N+]([O-])c1cccc(Cc2ccnc(Cl)c2)c1. The first-order valence-corrected chi connectivity index (χ1v) is 5.37. The lowest BCUT2D eigenvalue weighted by molar-refractivity contribution is -0.384. The van der Waals surface area contributed by atoms with Crippen LogP contribution in [-0.2, 0) is 6.42 Å². The van der Waals surface area contributed by atoms with Crippen LogP contribution < -0.4 is 0 Å². The minimum absolute atomic E-state index is 0.0997. The molecule has 0 spiro atoms. The van der Waals surface area contributed by atoms with E-state index in [1.165, 1.54) is 6.07 Å². The quantitative estimate of drug-likeness (QED) is 0.476. The Labute approximate surface area is 103 Å². The van der Waals surface area contributed by atoms with E-state index in [1.807, 2.05) is 12.1 Å². The second-order valence-corrected chi connectivity index (χ2v) is 3.98. The summed E-state index contributed by atoms with van der Waals surface area (Å²) in [4.78, 5) is 14.1. The van der Waals surface area contributed by atoms with Gasteiger partial charge in [0.25, 0.3) is 5.69 Å². The summed E-state index contributed by atoms with van der Waals surface area (Å²) in [7, 11) is 0. The predicted molar refractivity (Wildman–Crippen MR) is 65.1 cm³/mol. The average molecular weight is 249 g/mol. The molecule has 0 radical (unpaired) electrons. The highest BCUT2D eigenvalue weighted by Crippen LogP contribution is 2.17. The van der Waals surface area contributed by atoms with Gasteiger partial charge in [-0.3, -0.25) is 10.1 Å². The zero-order valence-corrected chi connectivity index (χ0v) is 9.59. The number of aromatic nitrogens is 1. The van der Waals surface area contributed by atoms with Gasteiger partial charge in [-0.2, -0.15) is 0 Å². The molecule has 0 atom stereocenters. The summed E-state index contributed by atoms with van der Waals surface area (Å²) in [6, 6.07) is 10.2. The van der Waals surface area contributed by atoms with E-state index < -0.39 is 4.92 Å². The van der Waals surface area contributed by atoms with Crippen LogP contribution in [0.5, 0.6) is 0 Å². The molecule has 1 aromatic carbocycles. The van der Waals surface area contributed by atoms with Crippen molar-refractivity contribution in [2.45, 2.75) is 6.42 Å². The van der Waals surface area contributed by atoms with Gasteiger partial charge in [0.05, 0.1) is 4.92 Å².